The maximum atomic E-state index is 13.6. The van der Waals surface area contributed by atoms with Gasteiger partial charge in [-0.15, -0.1) is 0 Å². The van der Waals surface area contributed by atoms with Gasteiger partial charge in [-0.05, 0) is 79.8 Å². The summed E-state index contributed by atoms with van der Waals surface area (Å²) in [5, 5.41) is 6.42. The number of nitrogens with zero attached hydrogens (tertiary/aromatic N) is 1. The normalized spacial score (nSPS) is 22.2. The average molecular weight is 538 g/mol. The summed E-state index contributed by atoms with van der Waals surface area (Å²) in [6.45, 7) is 7.25. The zero-order valence-electron chi connectivity index (χ0n) is 23.7. The van der Waals surface area contributed by atoms with Gasteiger partial charge in [0, 0.05) is 24.0 Å². The first-order chi connectivity index (χ1) is 19.3. The van der Waals surface area contributed by atoms with E-state index in [1.807, 2.05) is 24.3 Å². The lowest BCUT2D eigenvalue weighted by atomic mass is 9.87. The summed E-state index contributed by atoms with van der Waals surface area (Å²) < 4.78 is 5.81. The van der Waals surface area contributed by atoms with Crippen LogP contribution in [0.15, 0.2) is 72.8 Å². The number of fused-ring (bicyclic) bond motifs is 4. The lowest BCUT2D eigenvalue weighted by Gasteiger charge is -2.37. The van der Waals surface area contributed by atoms with Gasteiger partial charge in [0.25, 0.3) is 0 Å². The highest BCUT2D eigenvalue weighted by Gasteiger charge is 2.43. The van der Waals surface area contributed by atoms with E-state index in [0.717, 1.165) is 19.3 Å². The molecule has 1 aliphatic heterocycles. The summed E-state index contributed by atoms with van der Waals surface area (Å²) in [4.78, 5) is 28.9. The van der Waals surface area contributed by atoms with Crippen molar-refractivity contribution in [2.75, 3.05) is 13.2 Å². The lowest BCUT2D eigenvalue weighted by molar-refractivity contribution is -0.128. The highest BCUT2D eigenvalue weighted by Crippen LogP contribution is 2.44. The SMILES string of the molecule is CC(C)(C)N1C[C@@H](NC(=O)OCC2c3ccccc3-c3ccccc32)C[C@H]1C(=O)NC1CCCc2ccccc21. The molecule has 0 aromatic heterocycles. The lowest BCUT2D eigenvalue weighted by Crippen LogP contribution is -2.52. The molecule has 1 heterocycles. The molecule has 1 unspecified atom stereocenters. The Labute approximate surface area is 237 Å². The van der Waals surface area contributed by atoms with E-state index >= 15 is 0 Å². The molecular weight excluding hydrogens is 498 g/mol. The maximum Gasteiger partial charge on any atom is 0.407 e. The first-order valence-corrected chi connectivity index (χ1v) is 14.6. The van der Waals surface area contributed by atoms with Crippen molar-refractivity contribution in [1.82, 2.24) is 15.5 Å². The number of amides is 2. The Bertz CT molecular complexity index is 1370. The highest BCUT2D eigenvalue weighted by atomic mass is 16.5. The molecule has 0 spiro atoms. The van der Waals surface area contributed by atoms with Crippen molar-refractivity contribution in [3.05, 3.63) is 95.1 Å². The van der Waals surface area contributed by atoms with Gasteiger partial charge < -0.3 is 15.4 Å². The highest BCUT2D eigenvalue weighted by molar-refractivity contribution is 5.83. The summed E-state index contributed by atoms with van der Waals surface area (Å²) in [5.74, 6) is 0.0539. The Morgan fingerprint density at radius 3 is 2.17 bits per heavy atom. The molecule has 6 heteroatoms. The smallest absolute Gasteiger partial charge is 0.407 e. The molecule has 2 amide bonds. The van der Waals surface area contributed by atoms with E-state index in [-0.39, 0.29) is 42.1 Å². The molecule has 2 aliphatic carbocycles. The third-order valence-corrected chi connectivity index (χ3v) is 8.82. The Kier molecular flexibility index (Phi) is 7.13. The van der Waals surface area contributed by atoms with E-state index in [9.17, 15) is 9.59 Å². The first-order valence-electron chi connectivity index (χ1n) is 14.6. The quantitative estimate of drug-likeness (QED) is 0.421. The van der Waals surface area contributed by atoms with Crippen LogP contribution in [0.3, 0.4) is 0 Å². The second kappa shape index (κ2) is 10.7. The van der Waals surface area contributed by atoms with Crippen molar-refractivity contribution in [2.45, 2.75) is 76.0 Å². The van der Waals surface area contributed by atoms with Crippen LogP contribution in [0.1, 0.15) is 74.2 Å². The van der Waals surface area contributed by atoms with Crippen molar-refractivity contribution in [1.29, 1.82) is 0 Å². The molecule has 3 aromatic rings. The van der Waals surface area contributed by atoms with Crippen molar-refractivity contribution in [2.24, 2.45) is 0 Å². The van der Waals surface area contributed by atoms with Crippen LogP contribution < -0.4 is 10.6 Å². The van der Waals surface area contributed by atoms with Gasteiger partial charge in [-0.2, -0.15) is 0 Å². The summed E-state index contributed by atoms with van der Waals surface area (Å²) in [6, 6.07) is 24.6. The Balaban J connectivity index is 1.10. The van der Waals surface area contributed by atoms with E-state index in [1.54, 1.807) is 0 Å². The minimum atomic E-state index is -0.428. The molecule has 0 bridgehead atoms. The van der Waals surface area contributed by atoms with Crippen LogP contribution in [0.4, 0.5) is 4.79 Å². The molecule has 40 heavy (non-hydrogen) atoms. The Morgan fingerprint density at radius 1 is 0.875 bits per heavy atom. The predicted molar refractivity (Wildman–Crippen MR) is 157 cm³/mol. The monoisotopic (exact) mass is 537 g/mol. The zero-order chi connectivity index (χ0) is 27.9. The second-order valence-corrected chi connectivity index (χ2v) is 12.4. The number of likely N-dealkylation sites (tertiary alicyclic amines) is 1. The number of benzene rings is 3. The number of hydrogen-bond donors (Lipinski definition) is 2. The maximum absolute atomic E-state index is 13.6. The van der Waals surface area contributed by atoms with Crippen molar-refractivity contribution in [3.63, 3.8) is 0 Å². The van der Waals surface area contributed by atoms with Crippen LogP contribution in [0.5, 0.6) is 0 Å². The minimum Gasteiger partial charge on any atom is -0.449 e. The summed E-state index contributed by atoms with van der Waals surface area (Å²) in [7, 11) is 0. The van der Waals surface area contributed by atoms with E-state index in [4.69, 9.17) is 4.74 Å². The Hall–Kier alpha value is -3.64. The number of alkyl carbamates (subject to hydrolysis) is 1. The summed E-state index contributed by atoms with van der Waals surface area (Å²) in [6.07, 6.45) is 3.21. The molecule has 208 valence electrons. The van der Waals surface area contributed by atoms with Gasteiger partial charge in [0.1, 0.15) is 6.61 Å². The fourth-order valence-corrected chi connectivity index (χ4v) is 6.91. The van der Waals surface area contributed by atoms with Crippen molar-refractivity contribution < 1.29 is 14.3 Å². The summed E-state index contributed by atoms with van der Waals surface area (Å²) >= 11 is 0. The van der Waals surface area contributed by atoms with Crippen LogP contribution in [-0.4, -0.2) is 47.7 Å². The zero-order valence-corrected chi connectivity index (χ0v) is 23.7. The van der Waals surface area contributed by atoms with Crippen LogP contribution in [0.2, 0.25) is 0 Å². The van der Waals surface area contributed by atoms with E-state index < -0.39 is 6.09 Å². The van der Waals surface area contributed by atoms with E-state index in [2.05, 4.69) is 84.8 Å². The molecule has 0 saturated carbocycles. The summed E-state index contributed by atoms with van der Waals surface area (Å²) in [5.41, 5.74) is 7.14. The van der Waals surface area contributed by atoms with Gasteiger partial charge >= 0.3 is 6.09 Å². The largest absolute Gasteiger partial charge is 0.449 e. The van der Waals surface area contributed by atoms with Gasteiger partial charge in [-0.25, -0.2) is 4.79 Å². The molecule has 1 saturated heterocycles. The van der Waals surface area contributed by atoms with Crippen LogP contribution in [-0.2, 0) is 16.0 Å². The molecule has 6 rings (SSSR count). The molecule has 2 N–H and O–H groups in total. The predicted octanol–water partition coefficient (Wildman–Crippen LogP) is 5.96. The first kappa shape index (κ1) is 26.6. The molecule has 1 fully saturated rings. The number of carbonyl (C=O) groups excluding carboxylic acids is 2. The fraction of sp³-hybridized carbons (Fsp3) is 0.412. The van der Waals surface area contributed by atoms with Crippen LogP contribution in [0, 0.1) is 0 Å². The van der Waals surface area contributed by atoms with Crippen LogP contribution in [0.25, 0.3) is 11.1 Å². The van der Waals surface area contributed by atoms with E-state index in [0.29, 0.717) is 13.0 Å². The van der Waals surface area contributed by atoms with Gasteiger partial charge in [0.05, 0.1) is 12.1 Å². The topological polar surface area (TPSA) is 70.7 Å². The molecule has 3 aliphatic rings. The third-order valence-electron chi connectivity index (χ3n) is 8.82. The van der Waals surface area contributed by atoms with Gasteiger partial charge in [0.15, 0.2) is 0 Å². The third kappa shape index (κ3) is 5.13. The van der Waals surface area contributed by atoms with Gasteiger partial charge in [-0.3, -0.25) is 9.69 Å². The van der Waals surface area contributed by atoms with E-state index in [1.165, 1.54) is 33.4 Å². The standard InChI is InChI=1S/C34H39N3O3/c1-34(2,3)37-20-23(19-31(37)32(38)36-30-18-10-12-22-11-4-5-13-24(22)30)35-33(39)40-21-29-27-16-8-6-14-25(27)26-15-7-9-17-28(26)29/h4-9,11,13-17,23,29-31H,10,12,18-21H2,1-3H3,(H,35,39)(H,36,38)/t23-,30?,31-/m0/s1. The second-order valence-electron chi connectivity index (χ2n) is 12.4. The molecule has 0 radical (unpaired) electrons. The molecule has 3 atom stereocenters. The fourth-order valence-electron chi connectivity index (χ4n) is 6.91. The van der Waals surface area contributed by atoms with Crippen molar-refractivity contribution >= 4 is 12.0 Å². The Morgan fingerprint density at radius 2 is 1.50 bits per heavy atom. The minimum absolute atomic E-state index is 0.0182. The average Bonchev–Trinajstić information content (AvgIpc) is 3.52. The number of ether oxygens (including phenoxy) is 1. The number of carbonyl (C=O) groups is 2. The number of nitrogens with one attached hydrogen (secondary N) is 2. The van der Waals surface area contributed by atoms with Gasteiger partial charge in [0.2, 0.25) is 5.91 Å². The molecular formula is C34H39N3O3. The number of rotatable bonds is 5. The van der Waals surface area contributed by atoms with Crippen molar-refractivity contribution in [3.8, 4) is 11.1 Å². The molecule has 6 nitrogen and oxygen atoms in total. The molecule has 3 aromatic carbocycles. The van der Waals surface area contributed by atoms with Gasteiger partial charge in [-0.1, -0.05) is 72.8 Å². The number of hydrogen-bond acceptors (Lipinski definition) is 4. The van der Waals surface area contributed by atoms with Crippen LogP contribution >= 0.6 is 0 Å². The number of aryl methyl sites for hydroxylation is 1.